The molecule has 1 aliphatic heterocycles. The van der Waals surface area contributed by atoms with Crippen LogP contribution in [0.15, 0.2) is 29.4 Å². The zero-order chi connectivity index (χ0) is 15.6. The lowest BCUT2D eigenvalue weighted by Crippen LogP contribution is -2.50. The van der Waals surface area contributed by atoms with Gasteiger partial charge in [0.2, 0.25) is 0 Å². The molecule has 2 amide bonds. The molecule has 0 aliphatic carbocycles. The molecule has 0 fully saturated rings. The molecule has 0 saturated carbocycles. The predicted molar refractivity (Wildman–Crippen MR) is 69.8 cm³/mol. The Morgan fingerprint density at radius 2 is 1.90 bits per heavy atom. The summed E-state index contributed by atoms with van der Waals surface area (Å²) in [5.74, 6) is 0.435. The maximum absolute atomic E-state index is 12.4. The molecule has 1 aromatic rings. The minimum Gasteiger partial charge on any atom is -0.328 e. The third kappa shape index (κ3) is 3.56. The van der Waals surface area contributed by atoms with Crippen molar-refractivity contribution in [2.45, 2.75) is 12.6 Å². The van der Waals surface area contributed by atoms with E-state index in [4.69, 9.17) is 0 Å². The van der Waals surface area contributed by atoms with Gasteiger partial charge in [-0.3, -0.25) is 5.43 Å². The van der Waals surface area contributed by atoms with Crippen molar-refractivity contribution in [3.05, 3.63) is 35.4 Å². The van der Waals surface area contributed by atoms with Crippen LogP contribution in [-0.2, 0) is 12.6 Å². The first-order valence-electron chi connectivity index (χ1n) is 6.04. The van der Waals surface area contributed by atoms with E-state index in [-0.39, 0.29) is 12.5 Å². The Kier molecular flexibility index (Phi) is 3.92. The summed E-state index contributed by atoms with van der Waals surface area (Å²) in [5.41, 5.74) is 5.16. The van der Waals surface area contributed by atoms with Crippen LogP contribution in [-0.4, -0.2) is 36.0 Å². The number of urea groups is 1. The van der Waals surface area contributed by atoms with Gasteiger partial charge in [0.25, 0.3) is 0 Å². The minimum absolute atomic E-state index is 0.280. The highest BCUT2D eigenvalue weighted by Crippen LogP contribution is 2.29. The van der Waals surface area contributed by atoms with Gasteiger partial charge in [0.15, 0.2) is 0 Å². The second-order valence-corrected chi connectivity index (χ2v) is 4.65. The first-order chi connectivity index (χ1) is 9.77. The van der Waals surface area contributed by atoms with Gasteiger partial charge in [-0.05, 0) is 17.7 Å². The van der Waals surface area contributed by atoms with Gasteiger partial charge in [0.05, 0.1) is 5.56 Å². The summed E-state index contributed by atoms with van der Waals surface area (Å²) < 4.78 is 37.3. The monoisotopic (exact) mass is 301 g/mol. The molecular weight excluding hydrogens is 287 g/mol. The third-order valence-corrected chi connectivity index (χ3v) is 2.75. The summed E-state index contributed by atoms with van der Waals surface area (Å²) >= 11 is 0. The van der Waals surface area contributed by atoms with E-state index in [1.165, 1.54) is 17.0 Å². The second kappa shape index (κ2) is 5.51. The largest absolute Gasteiger partial charge is 0.416 e. The fraction of sp³-hybridized carbons (Fsp3) is 0.333. The summed E-state index contributed by atoms with van der Waals surface area (Å²) in [4.78, 5) is 13.0. The molecule has 6 nitrogen and oxygen atoms in total. The van der Waals surface area contributed by atoms with Crippen molar-refractivity contribution in [1.82, 2.24) is 21.0 Å². The number of hydrazone groups is 1. The first kappa shape index (κ1) is 14.9. The maximum Gasteiger partial charge on any atom is 0.416 e. The van der Waals surface area contributed by atoms with E-state index >= 15 is 0 Å². The average Bonchev–Trinajstić information content (AvgIpc) is 2.85. The van der Waals surface area contributed by atoms with Crippen molar-refractivity contribution in [3.63, 3.8) is 0 Å². The molecule has 1 heterocycles. The van der Waals surface area contributed by atoms with Crippen molar-refractivity contribution < 1.29 is 18.0 Å². The van der Waals surface area contributed by atoms with Crippen LogP contribution in [0.25, 0.3) is 0 Å². The highest BCUT2D eigenvalue weighted by atomic mass is 19.4. The lowest BCUT2D eigenvalue weighted by molar-refractivity contribution is -0.137. The molecule has 0 spiro atoms. The number of nitrogens with one attached hydrogen (secondary N) is 2. The highest BCUT2D eigenvalue weighted by Gasteiger charge is 2.30. The topological polar surface area (TPSA) is 60.0 Å². The molecule has 0 aromatic heterocycles. The molecule has 0 radical (unpaired) electrons. The summed E-state index contributed by atoms with van der Waals surface area (Å²) in [7, 11) is 3.17. The molecule has 0 bridgehead atoms. The van der Waals surface area contributed by atoms with Crippen LogP contribution >= 0.6 is 0 Å². The highest BCUT2D eigenvalue weighted by molar-refractivity contribution is 5.88. The van der Waals surface area contributed by atoms with Gasteiger partial charge >= 0.3 is 12.2 Å². The number of benzene rings is 1. The number of nitrogens with zero attached hydrogens (tertiary/aromatic N) is 3. The average molecular weight is 301 g/mol. The Labute approximate surface area is 119 Å². The summed E-state index contributed by atoms with van der Waals surface area (Å²) in [6.45, 7) is 0. The van der Waals surface area contributed by atoms with Crippen LogP contribution in [0.3, 0.4) is 0 Å². The van der Waals surface area contributed by atoms with Gasteiger partial charge in [-0.15, -0.1) is 10.2 Å². The number of halogens is 3. The SMILES string of the molecule is CN(C)C(=O)N1NN=C(Cc2ccc(C(F)(F)F)cc2)N1. The Hall–Kier alpha value is -2.45. The van der Waals surface area contributed by atoms with Gasteiger partial charge in [0.1, 0.15) is 5.84 Å². The fourth-order valence-electron chi connectivity index (χ4n) is 1.66. The van der Waals surface area contributed by atoms with Crippen LogP contribution in [0.2, 0.25) is 0 Å². The van der Waals surface area contributed by atoms with Crippen LogP contribution in [0.4, 0.5) is 18.0 Å². The van der Waals surface area contributed by atoms with Crippen molar-refractivity contribution in [2.75, 3.05) is 14.1 Å². The number of amidine groups is 1. The number of carbonyl (C=O) groups excluding carboxylic acids is 1. The molecule has 2 N–H and O–H groups in total. The Balaban J connectivity index is 1.96. The first-order valence-corrected chi connectivity index (χ1v) is 6.04. The summed E-state index contributed by atoms with van der Waals surface area (Å²) in [6.07, 6.45) is -4.07. The van der Waals surface area contributed by atoms with Crippen molar-refractivity contribution in [1.29, 1.82) is 0 Å². The molecule has 1 aromatic carbocycles. The lowest BCUT2D eigenvalue weighted by atomic mass is 10.1. The van der Waals surface area contributed by atoms with E-state index in [1.807, 2.05) is 0 Å². The van der Waals surface area contributed by atoms with Crippen molar-refractivity contribution in [2.24, 2.45) is 5.10 Å². The number of hydrogen-bond donors (Lipinski definition) is 2. The quantitative estimate of drug-likeness (QED) is 0.871. The smallest absolute Gasteiger partial charge is 0.328 e. The fourth-order valence-corrected chi connectivity index (χ4v) is 1.66. The standard InChI is InChI=1S/C12H14F3N5O/c1-19(2)11(21)20-17-10(16-18-20)7-8-3-5-9(6-4-8)12(13,14)15/h3-6,18H,7H2,1-2H3,(H,16,17). The normalized spacial score (nSPS) is 14.3. The van der Waals surface area contributed by atoms with E-state index in [2.05, 4.69) is 16.1 Å². The van der Waals surface area contributed by atoms with Gasteiger partial charge in [-0.2, -0.15) is 18.7 Å². The summed E-state index contributed by atoms with van der Waals surface area (Å²) in [6, 6.07) is 4.44. The van der Waals surface area contributed by atoms with Gasteiger partial charge in [0, 0.05) is 20.5 Å². The van der Waals surface area contributed by atoms with E-state index < -0.39 is 11.7 Å². The zero-order valence-corrected chi connectivity index (χ0v) is 11.4. The number of rotatable bonds is 2. The summed E-state index contributed by atoms with van der Waals surface area (Å²) in [5, 5.41) is 4.98. The Morgan fingerprint density at radius 1 is 1.29 bits per heavy atom. The predicted octanol–water partition coefficient (Wildman–Crippen LogP) is 1.57. The Bertz CT molecular complexity index is 553. The molecule has 0 unspecified atom stereocenters. The molecular formula is C12H14F3N5O. The number of carbonyl (C=O) groups is 1. The molecule has 9 heteroatoms. The maximum atomic E-state index is 12.4. The van der Waals surface area contributed by atoms with Gasteiger partial charge in [-0.1, -0.05) is 12.1 Å². The molecule has 1 aliphatic rings. The molecule has 0 atom stereocenters. The number of hydrogen-bond acceptors (Lipinski definition) is 4. The molecule has 0 saturated heterocycles. The van der Waals surface area contributed by atoms with Gasteiger partial charge in [-0.25, -0.2) is 4.79 Å². The minimum atomic E-state index is -4.35. The van der Waals surface area contributed by atoms with Gasteiger partial charge < -0.3 is 4.90 Å². The number of amides is 2. The van der Waals surface area contributed by atoms with E-state index in [0.29, 0.717) is 11.4 Å². The number of alkyl halides is 3. The van der Waals surface area contributed by atoms with E-state index in [0.717, 1.165) is 17.3 Å². The molecule has 21 heavy (non-hydrogen) atoms. The lowest BCUT2D eigenvalue weighted by Gasteiger charge is -2.19. The van der Waals surface area contributed by atoms with Crippen LogP contribution in [0.5, 0.6) is 0 Å². The second-order valence-electron chi connectivity index (χ2n) is 4.65. The molecule has 114 valence electrons. The molecule has 2 rings (SSSR count). The van der Waals surface area contributed by atoms with E-state index in [9.17, 15) is 18.0 Å². The van der Waals surface area contributed by atoms with Crippen LogP contribution in [0, 0.1) is 0 Å². The number of hydrazine groups is 2. The van der Waals surface area contributed by atoms with Crippen LogP contribution < -0.4 is 11.0 Å². The third-order valence-electron chi connectivity index (χ3n) is 2.75. The zero-order valence-electron chi connectivity index (χ0n) is 11.4. The van der Waals surface area contributed by atoms with Crippen molar-refractivity contribution in [3.8, 4) is 0 Å². The van der Waals surface area contributed by atoms with Crippen LogP contribution in [0.1, 0.15) is 11.1 Å². The Morgan fingerprint density at radius 3 is 2.43 bits per heavy atom. The van der Waals surface area contributed by atoms with Crippen molar-refractivity contribution >= 4 is 11.9 Å². The van der Waals surface area contributed by atoms with E-state index in [1.54, 1.807) is 14.1 Å².